The fourth-order valence-electron chi connectivity index (χ4n) is 2.64. The van der Waals surface area contributed by atoms with Gasteiger partial charge in [0.15, 0.2) is 0 Å². The molecule has 3 rings (SSSR count). The third kappa shape index (κ3) is 1.79. The normalized spacial score (nSPS) is 17.6. The molecule has 0 fully saturated rings. The van der Waals surface area contributed by atoms with Crippen LogP contribution in [-0.4, -0.2) is 7.11 Å². The Balaban J connectivity index is 1.98. The lowest BCUT2D eigenvalue weighted by atomic mass is 9.96. The maximum absolute atomic E-state index is 5.20. The molecule has 0 spiro atoms. The summed E-state index contributed by atoms with van der Waals surface area (Å²) in [6.45, 7) is 3.13. The van der Waals surface area contributed by atoms with Crippen LogP contribution in [0, 0.1) is 6.92 Å². The Bertz CT molecular complexity index is 560. The van der Waals surface area contributed by atoms with Crippen molar-refractivity contribution in [2.24, 2.45) is 0 Å². The summed E-state index contributed by atoms with van der Waals surface area (Å²) in [7, 11) is 1.70. The Morgan fingerprint density at radius 3 is 2.61 bits per heavy atom. The van der Waals surface area contributed by atoms with Crippen LogP contribution in [-0.2, 0) is 6.54 Å². The van der Waals surface area contributed by atoms with Crippen molar-refractivity contribution in [3.05, 3.63) is 64.7 Å². The van der Waals surface area contributed by atoms with Gasteiger partial charge < -0.3 is 10.1 Å². The second kappa shape index (κ2) is 4.46. The highest BCUT2D eigenvalue weighted by Crippen LogP contribution is 2.33. The molecular formula is C16H17NO. The van der Waals surface area contributed by atoms with Crippen LogP contribution in [0.4, 0.5) is 0 Å². The van der Waals surface area contributed by atoms with Gasteiger partial charge in [0, 0.05) is 6.54 Å². The maximum Gasteiger partial charge on any atom is 0.118 e. The zero-order valence-corrected chi connectivity index (χ0v) is 10.7. The van der Waals surface area contributed by atoms with Gasteiger partial charge in [-0.25, -0.2) is 0 Å². The lowest BCUT2D eigenvalue weighted by Gasteiger charge is -2.13. The first-order chi connectivity index (χ1) is 8.79. The van der Waals surface area contributed by atoms with E-state index in [1.807, 2.05) is 12.1 Å². The molecule has 0 amide bonds. The van der Waals surface area contributed by atoms with Crippen molar-refractivity contribution < 1.29 is 4.74 Å². The fraction of sp³-hybridized carbons (Fsp3) is 0.250. The van der Waals surface area contributed by atoms with E-state index in [4.69, 9.17) is 4.74 Å². The first kappa shape index (κ1) is 11.3. The van der Waals surface area contributed by atoms with Crippen molar-refractivity contribution in [3.8, 4) is 5.75 Å². The van der Waals surface area contributed by atoms with E-state index in [1.165, 1.54) is 22.3 Å². The van der Waals surface area contributed by atoms with Crippen molar-refractivity contribution in [1.82, 2.24) is 5.32 Å². The third-order valence-electron chi connectivity index (χ3n) is 3.69. The number of nitrogens with one attached hydrogen (secondary N) is 1. The lowest BCUT2D eigenvalue weighted by molar-refractivity contribution is 0.414. The monoisotopic (exact) mass is 239 g/mol. The minimum Gasteiger partial charge on any atom is -0.497 e. The standard InChI is InChI=1S/C16H17NO/c1-11-4-3-5-14-15(11)10-17-16(14)12-6-8-13(18-2)9-7-12/h3-9,16-17H,10H2,1-2H3. The number of benzene rings is 2. The Hall–Kier alpha value is -1.80. The Kier molecular flexibility index (Phi) is 2.80. The van der Waals surface area contributed by atoms with Crippen LogP contribution in [0.1, 0.15) is 28.3 Å². The highest BCUT2D eigenvalue weighted by atomic mass is 16.5. The van der Waals surface area contributed by atoms with E-state index in [2.05, 4.69) is 42.6 Å². The van der Waals surface area contributed by atoms with E-state index in [-0.39, 0.29) is 0 Å². The van der Waals surface area contributed by atoms with E-state index in [0.29, 0.717) is 6.04 Å². The number of aryl methyl sites for hydroxylation is 1. The number of ether oxygens (including phenoxy) is 1. The summed E-state index contributed by atoms with van der Waals surface area (Å²) in [5.74, 6) is 0.904. The van der Waals surface area contributed by atoms with Crippen molar-refractivity contribution in [2.45, 2.75) is 19.5 Å². The van der Waals surface area contributed by atoms with Gasteiger partial charge in [-0.1, -0.05) is 30.3 Å². The molecule has 2 aromatic rings. The molecular weight excluding hydrogens is 222 g/mol. The average Bonchev–Trinajstić information content (AvgIpc) is 2.84. The largest absolute Gasteiger partial charge is 0.497 e. The predicted octanol–water partition coefficient (Wildman–Crippen LogP) is 3.20. The molecule has 1 unspecified atom stereocenters. The number of methoxy groups -OCH3 is 1. The molecule has 1 heterocycles. The number of rotatable bonds is 2. The fourth-order valence-corrected chi connectivity index (χ4v) is 2.64. The summed E-state index contributed by atoms with van der Waals surface area (Å²) >= 11 is 0. The van der Waals surface area contributed by atoms with Crippen LogP contribution in [0.5, 0.6) is 5.75 Å². The third-order valence-corrected chi connectivity index (χ3v) is 3.69. The summed E-state index contributed by atoms with van der Waals surface area (Å²) in [5.41, 5.74) is 5.51. The maximum atomic E-state index is 5.20. The molecule has 0 aliphatic carbocycles. The van der Waals surface area contributed by atoms with Crippen LogP contribution >= 0.6 is 0 Å². The first-order valence-electron chi connectivity index (χ1n) is 6.25. The molecule has 0 saturated carbocycles. The van der Waals surface area contributed by atoms with Crippen LogP contribution in [0.15, 0.2) is 42.5 Å². The lowest BCUT2D eigenvalue weighted by Crippen LogP contribution is -2.13. The summed E-state index contributed by atoms with van der Waals surface area (Å²) in [6, 6.07) is 15.1. The average molecular weight is 239 g/mol. The van der Waals surface area contributed by atoms with Gasteiger partial charge in [0.1, 0.15) is 5.75 Å². The molecule has 2 nitrogen and oxygen atoms in total. The van der Waals surface area contributed by atoms with E-state index >= 15 is 0 Å². The van der Waals surface area contributed by atoms with Crippen LogP contribution in [0.3, 0.4) is 0 Å². The van der Waals surface area contributed by atoms with Gasteiger partial charge in [0.25, 0.3) is 0 Å². The van der Waals surface area contributed by atoms with Gasteiger partial charge in [0.05, 0.1) is 13.2 Å². The number of hydrogen-bond donors (Lipinski definition) is 1. The minimum absolute atomic E-state index is 0.311. The quantitative estimate of drug-likeness (QED) is 0.869. The van der Waals surface area contributed by atoms with Gasteiger partial charge in [-0.05, 0) is 41.3 Å². The van der Waals surface area contributed by atoms with E-state index in [1.54, 1.807) is 7.11 Å². The molecule has 1 aliphatic heterocycles. The molecule has 1 N–H and O–H groups in total. The molecule has 0 aromatic heterocycles. The molecule has 18 heavy (non-hydrogen) atoms. The summed E-state index contributed by atoms with van der Waals surface area (Å²) in [4.78, 5) is 0. The molecule has 0 radical (unpaired) electrons. The molecule has 0 saturated heterocycles. The number of hydrogen-bond acceptors (Lipinski definition) is 2. The van der Waals surface area contributed by atoms with Crippen LogP contribution in [0.25, 0.3) is 0 Å². The highest BCUT2D eigenvalue weighted by Gasteiger charge is 2.23. The molecule has 2 aromatic carbocycles. The number of fused-ring (bicyclic) bond motifs is 1. The van der Waals surface area contributed by atoms with Gasteiger partial charge in [-0.3, -0.25) is 0 Å². The van der Waals surface area contributed by atoms with Gasteiger partial charge in [0.2, 0.25) is 0 Å². The SMILES string of the molecule is COc1ccc(C2NCc3c(C)cccc32)cc1. The molecule has 0 bridgehead atoms. The summed E-state index contributed by atoms with van der Waals surface area (Å²) < 4.78 is 5.20. The van der Waals surface area contributed by atoms with Crippen molar-refractivity contribution >= 4 is 0 Å². The van der Waals surface area contributed by atoms with Gasteiger partial charge in [-0.2, -0.15) is 0 Å². The Morgan fingerprint density at radius 2 is 1.89 bits per heavy atom. The Labute approximate surface area is 108 Å². The summed E-state index contributed by atoms with van der Waals surface area (Å²) in [6.07, 6.45) is 0. The second-order valence-corrected chi connectivity index (χ2v) is 4.73. The Morgan fingerprint density at radius 1 is 1.11 bits per heavy atom. The predicted molar refractivity (Wildman–Crippen MR) is 72.9 cm³/mol. The summed E-state index contributed by atoms with van der Waals surface area (Å²) in [5, 5.41) is 3.58. The molecule has 2 heteroatoms. The van der Waals surface area contributed by atoms with Gasteiger partial charge >= 0.3 is 0 Å². The zero-order chi connectivity index (χ0) is 12.5. The molecule has 1 aliphatic rings. The van der Waals surface area contributed by atoms with Crippen LogP contribution in [0.2, 0.25) is 0 Å². The van der Waals surface area contributed by atoms with Gasteiger partial charge in [-0.15, -0.1) is 0 Å². The minimum atomic E-state index is 0.311. The van der Waals surface area contributed by atoms with E-state index < -0.39 is 0 Å². The first-order valence-corrected chi connectivity index (χ1v) is 6.25. The highest BCUT2D eigenvalue weighted by molar-refractivity contribution is 5.45. The second-order valence-electron chi connectivity index (χ2n) is 4.73. The zero-order valence-electron chi connectivity index (χ0n) is 10.7. The van der Waals surface area contributed by atoms with Crippen molar-refractivity contribution in [1.29, 1.82) is 0 Å². The topological polar surface area (TPSA) is 21.3 Å². The van der Waals surface area contributed by atoms with Crippen molar-refractivity contribution in [2.75, 3.05) is 7.11 Å². The van der Waals surface area contributed by atoms with E-state index in [9.17, 15) is 0 Å². The smallest absolute Gasteiger partial charge is 0.118 e. The van der Waals surface area contributed by atoms with Crippen molar-refractivity contribution in [3.63, 3.8) is 0 Å². The van der Waals surface area contributed by atoms with Crippen LogP contribution < -0.4 is 10.1 Å². The molecule has 1 atom stereocenters. The molecule has 92 valence electrons. The van der Waals surface area contributed by atoms with E-state index in [0.717, 1.165) is 12.3 Å².